The van der Waals surface area contributed by atoms with Gasteiger partial charge in [-0.2, -0.15) is 0 Å². The molecule has 1 fully saturated rings. The van der Waals surface area contributed by atoms with Crippen LogP contribution in [-0.2, 0) is 9.53 Å². The van der Waals surface area contributed by atoms with Gasteiger partial charge in [0.05, 0.1) is 6.54 Å². The molecule has 0 aromatic rings. The number of carbonyl (C=O) groups excluding carboxylic acids is 1. The molecule has 1 aliphatic carbocycles. The number of nitrogens with zero attached hydrogens (tertiary/aromatic N) is 1. The van der Waals surface area contributed by atoms with Gasteiger partial charge in [0.2, 0.25) is 0 Å². The van der Waals surface area contributed by atoms with Crippen molar-refractivity contribution in [3.8, 4) is 0 Å². The molecule has 31 heavy (non-hydrogen) atoms. The minimum absolute atomic E-state index is 0.0193. The van der Waals surface area contributed by atoms with Crippen molar-refractivity contribution < 1.29 is 9.53 Å². The summed E-state index contributed by atoms with van der Waals surface area (Å²) in [6.07, 6.45) is 24.6. The number of esters is 1. The number of hydrogen-bond donors (Lipinski definition) is 0. The summed E-state index contributed by atoms with van der Waals surface area (Å²) in [6.45, 7) is 9.44. The zero-order valence-corrected chi connectivity index (χ0v) is 21.5. The highest BCUT2D eigenvalue weighted by atomic mass is 16.5. The number of rotatable bonds is 20. The summed E-state index contributed by atoms with van der Waals surface area (Å²) in [4.78, 5) is 15.0. The molecule has 1 saturated carbocycles. The molecule has 3 nitrogen and oxygen atoms in total. The predicted octanol–water partition coefficient (Wildman–Crippen LogP) is 8.30. The third-order valence-corrected chi connectivity index (χ3v) is 7.18. The van der Waals surface area contributed by atoms with Crippen LogP contribution in [0.4, 0.5) is 0 Å². The van der Waals surface area contributed by atoms with Gasteiger partial charge in [-0.3, -0.25) is 9.69 Å². The SMILES string of the molecule is CCCCCCCCCN(CCCCCCCCC)CC(=O)OC1CCC(CC)CC1. The molecular weight excluding hydrogens is 382 g/mol. The van der Waals surface area contributed by atoms with E-state index < -0.39 is 0 Å². The Hall–Kier alpha value is -0.570. The standard InChI is InChI=1S/C28H55NO2/c1-4-7-9-11-13-15-17-23-29(24-18-16-14-12-10-8-5-2)25-28(30)31-27-21-19-26(6-3)20-22-27/h26-27H,4-25H2,1-3H3. The van der Waals surface area contributed by atoms with Crippen LogP contribution in [0.1, 0.15) is 143 Å². The van der Waals surface area contributed by atoms with Crippen molar-refractivity contribution in [3.63, 3.8) is 0 Å². The van der Waals surface area contributed by atoms with E-state index in [4.69, 9.17) is 4.74 Å². The molecule has 0 N–H and O–H groups in total. The molecule has 0 spiro atoms. The molecule has 0 heterocycles. The number of unbranched alkanes of at least 4 members (excludes halogenated alkanes) is 12. The van der Waals surface area contributed by atoms with Gasteiger partial charge in [-0.15, -0.1) is 0 Å². The monoisotopic (exact) mass is 437 g/mol. The first-order valence-electron chi connectivity index (χ1n) is 14.1. The average Bonchev–Trinajstić information content (AvgIpc) is 2.78. The van der Waals surface area contributed by atoms with Crippen molar-refractivity contribution in [2.24, 2.45) is 5.92 Å². The van der Waals surface area contributed by atoms with E-state index in [1.807, 2.05) is 0 Å². The van der Waals surface area contributed by atoms with Crippen LogP contribution in [0, 0.1) is 5.92 Å². The number of hydrogen-bond acceptors (Lipinski definition) is 3. The van der Waals surface area contributed by atoms with Gasteiger partial charge in [-0.1, -0.05) is 104 Å². The van der Waals surface area contributed by atoms with Gasteiger partial charge in [0.15, 0.2) is 0 Å². The van der Waals surface area contributed by atoms with Gasteiger partial charge in [-0.25, -0.2) is 0 Å². The van der Waals surface area contributed by atoms with Gasteiger partial charge in [0, 0.05) is 0 Å². The second kappa shape index (κ2) is 20.1. The summed E-state index contributed by atoms with van der Waals surface area (Å²) >= 11 is 0. The lowest BCUT2D eigenvalue weighted by molar-refractivity contribution is -0.152. The lowest BCUT2D eigenvalue weighted by Gasteiger charge is -2.28. The van der Waals surface area contributed by atoms with Crippen molar-refractivity contribution in [2.75, 3.05) is 19.6 Å². The molecular formula is C28H55NO2. The summed E-state index contributed by atoms with van der Waals surface area (Å²) in [5.74, 6) is 0.868. The van der Waals surface area contributed by atoms with E-state index in [0.29, 0.717) is 6.54 Å². The molecule has 0 atom stereocenters. The van der Waals surface area contributed by atoms with E-state index in [1.165, 1.54) is 109 Å². The third-order valence-electron chi connectivity index (χ3n) is 7.18. The van der Waals surface area contributed by atoms with Crippen molar-refractivity contribution in [1.82, 2.24) is 4.90 Å². The van der Waals surface area contributed by atoms with Crippen LogP contribution in [0.2, 0.25) is 0 Å². The molecule has 3 heteroatoms. The Balaban J connectivity index is 2.28. The predicted molar refractivity (Wildman–Crippen MR) is 135 cm³/mol. The highest BCUT2D eigenvalue weighted by Crippen LogP contribution is 2.28. The fourth-order valence-corrected chi connectivity index (χ4v) is 4.92. The van der Waals surface area contributed by atoms with E-state index in [1.54, 1.807) is 0 Å². The highest BCUT2D eigenvalue weighted by Gasteiger charge is 2.23. The molecule has 0 unspecified atom stereocenters. The maximum absolute atomic E-state index is 12.6. The molecule has 0 aliphatic heterocycles. The molecule has 184 valence electrons. The van der Waals surface area contributed by atoms with Gasteiger partial charge in [0.25, 0.3) is 0 Å². The van der Waals surface area contributed by atoms with Gasteiger partial charge >= 0.3 is 5.97 Å². The van der Waals surface area contributed by atoms with Crippen molar-refractivity contribution >= 4 is 5.97 Å². The van der Waals surface area contributed by atoms with Gasteiger partial charge in [0.1, 0.15) is 6.10 Å². The molecule has 0 amide bonds. The Bertz CT molecular complexity index is 386. The Morgan fingerprint density at radius 1 is 0.677 bits per heavy atom. The first-order valence-corrected chi connectivity index (χ1v) is 14.1. The van der Waals surface area contributed by atoms with E-state index in [2.05, 4.69) is 25.7 Å². The topological polar surface area (TPSA) is 29.5 Å². The van der Waals surface area contributed by atoms with Crippen molar-refractivity contribution in [2.45, 2.75) is 149 Å². The number of carbonyl (C=O) groups is 1. The maximum Gasteiger partial charge on any atom is 0.320 e. The van der Waals surface area contributed by atoms with E-state index >= 15 is 0 Å². The van der Waals surface area contributed by atoms with E-state index in [9.17, 15) is 4.79 Å². The van der Waals surface area contributed by atoms with E-state index in [0.717, 1.165) is 31.8 Å². The average molecular weight is 438 g/mol. The van der Waals surface area contributed by atoms with Crippen LogP contribution in [0.15, 0.2) is 0 Å². The van der Waals surface area contributed by atoms with Gasteiger partial charge < -0.3 is 4.74 Å². The number of ether oxygens (including phenoxy) is 1. The van der Waals surface area contributed by atoms with Crippen molar-refractivity contribution in [3.05, 3.63) is 0 Å². The second-order valence-corrected chi connectivity index (χ2v) is 10.1. The maximum atomic E-state index is 12.6. The molecule has 0 radical (unpaired) electrons. The molecule has 0 bridgehead atoms. The molecule has 0 saturated heterocycles. The van der Waals surface area contributed by atoms with E-state index in [-0.39, 0.29) is 12.1 Å². The highest BCUT2D eigenvalue weighted by molar-refractivity contribution is 5.71. The summed E-state index contributed by atoms with van der Waals surface area (Å²) in [6, 6.07) is 0. The van der Waals surface area contributed by atoms with Crippen molar-refractivity contribution in [1.29, 1.82) is 0 Å². The molecule has 1 rings (SSSR count). The normalized spacial score (nSPS) is 19.1. The molecule has 1 aliphatic rings. The quantitative estimate of drug-likeness (QED) is 0.142. The fraction of sp³-hybridized carbons (Fsp3) is 0.964. The lowest BCUT2D eigenvalue weighted by Crippen LogP contribution is -2.35. The Morgan fingerprint density at radius 3 is 1.58 bits per heavy atom. The summed E-state index contributed by atoms with van der Waals surface area (Å²) in [5, 5.41) is 0. The largest absolute Gasteiger partial charge is 0.461 e. The van der Waals surface area contributed by atoms with Crippen LogP contribution in [-0.4, -0.2) is 36.6 Å². The van der Waals surface area contributed by atoms with Crippen LogP contribution in [0.3, 0.4) is 0 Å². The zero-order chi connectivity index (χ0) is 22.6. The van der Waals surface area contributed by atoms with Crippen LogP contribution >= 0.6 is 0 Å². The van der Waals surface area contributed by atoms with Crippen LogP contribution in [0.5, 0.6) is 0 Å². The lowest BCUT2D eigenvalue weighted by atomic mass is 9.86. The van der Waals surface area contributed by atoms with Crippen LogP contribution < -0.4 is 0 Å². The molecule has 0 aromatic heterocycles. The van der Waals surface area contributed by atoms with Gasteiger partial charge in [-0.05, 0) is 57.5 Å². The molecule has 0 aromatic carbocycles. The fourth-order valence-electron chi connectivity index (χ4n) is 4.92. The summed E-state index contributed by atoms with van der Waals surface area (Å²) < 4.78 is 5.88. The first kappa shape index (κ1) is 28.5. The third kappa shape index (κ3) is 15.8. The second-order valence-electron chi connectivity index (χ2n) is 10.1. The Labute approximate surface area is 195 Å². The smallest absolute Gasteiger partial charge is 0.320 e. The zero-order valence-electron chi connectivity index (χ0n) is 21.5. The first-order chi connectivity index (χ1) is 15.2. The Morgan fingerprint density at radius 2 is 1.13 bits per heavy atom. The minimum atomic E-state index is 0.0193. The summed E-state index contributed by atoms with van der Waals surface area (Å²) in [5.41, 5.74) is 0. The minimum Gasteiger partial charge on any atom is -0.461 e. The summed E-state index contributed by atoms with van der Waals surface area (Å²) in [7, 11) is 0. The Kier molecular flexibility index (Phi) is 18.4. The van der Waals surface area contributed by atoms with Crippen LogP contribution in [0.25, 0.3) is 0 Å².